The van der Waals surface area contributed by atoms with E-state index in [-0.39, 0.29) is 11.7 Å². The average Bonchev–Trinajstić information content (AvgIpc) is 2.28. The first-order chi connectivity index (χ1) is 7.88. The number of sulfonamides is 1. The van der Waals surface area contributed by atoms with Gasteiger partial charge in [-0.1, -0.05) is 25.1 Å². The van der Waals surface area contributed by atoms with Gasteiger partial charge >= 0.3 is 0 Å². The second-order valence-electron chi connectivity index (χ2n) is 4.29. The first-order valence-electron chi connectivity index (χ1n) is 5.46. The zero-order valence-corrected chi connectivity index (χ0v) is 11.9. The van der Waals surface area contributed by atoms with Gasteiger partial charge in [-0.3, -0.25) is 4.31 Å². The minimum Gasteiger partial charge on any atom is -0.273 e. The highest BCUT2D eigenvalue weighted by atomic mass is 35.5. The number of hydrogen-bond acceptors (Lipinski definition) is 2. The van der Waals surface area contributed by atoms with Crippen molar-refractivity contribution in [3.05, 3.63) is 29.8 Å². The molecule has 0 saturated carbocycles. The van der Waals surface area contributed by atoms with Crippen LogP contribution >= 0.6 is 11.6 Å². The summed E-state index contributed by atoms with van der Waals surface area (Å²) in [7, 11) is -1.72. The summed E-state index contributed by atoms with van der Waals surface area (Å²) < 4.78 is 25.6. The number of halogens is 1. The maximum absolute atomic E-state index is 12.1. The molecule has 17 heavy (non-hydrogen) atoms. The molecule has 0 amide bonds. The van der Waals surface area contributed by atoms with E-state index >= 15 is 0 Å². The Morgan fingerprint density at radius 1 is 1.35 bits per heavy atom. The molecule has 0 aliphatic rings. The molecule has 0 aliphatic heterocycles. The SMILES string of the molecule is Cc1ccccc1N(C)S(=O)(=O)CC(C)CCl. The highest BCUT2D eigenvalue weighted by Crippen LogP contribution is 2.21. The number of anilines is 1. The first kappa shape index (κ1) is 14.3. The number of aryl methyl sites for hydroxylation is 1. The molecule has 3 nitrogen and oxygen atoms in total. The average molecular weight is 276 g/mol. The smallest absolute Gasteiger partial charge is 0.235 e. The normalized spacial score (nSPS) is 13.4. The Balaban J connectivity index is 2.97. The van der Waals surface area contributed by atoms with Gasteiger partial charge in [0.1, 0.15) is 0 Å². The minimum absolute atomic E-state index is 0.0480. The highest BCUT2D eigenvalue weighted by Gasteiger charge is 2.22. The van der Waals surface area contributed by atoms with E-state index in [1.54, 1.807) is 13.1 Å². The second kappa shape index (κ2) is 5.74. The molecule has 0 aromatic heterocycles. The quantitative estimate of drug-likeness (QED) is 0.775. The van der Waals surface area contributed by atoms with Gasteiger partial charge in [-0.2, -0.15) is 0 Å². The van der Waals surface area contributed by atoms with Gasteiger partial charge in [0.2, 0.25) is 10.0 Å². The van der Waals surface area contributed by atoms with Crippen LogP contribution in [-0.4, -0.2) is 27.1 Å². The number of hydrogen-bond donors (Lipinski definition) is 0. The Hall–Kier alpha value is -0.740. The number of alkyl halides is 1. The lowest BCUT2D eigenvalue weighted by atomic mass is 10.2. The Bertz CT molecular complexity index is 473. The zero-order chi connectivity index (χ0) is 13.1. The summed E-state index contributed by atoms with van der Waals surface area (Å²) in [4.78, 5) is 0. The summed E-state index contributed by atoms with van der Waals surface area (Å²) in [5.41, 5.74) is 1.66. The molecule has 0 heterocycles. The Morgan fingerprint density at radius 3 is 2.47 bits per heavy atom. The molecular weight excluding hydrogens is 258 g/mol. The van der Waals surface area contributed by atoms with Gasteiger partial charge < -0.3 is 0 Å². The van der Waals surface area contributed by atoms with E-state index in [1.807, 2.05) is 32.0 Å². The molecule has 5 heteroatoms. The van der Waals surface area contributed by atoms with Gasteiger partial charge in [-0.05, 0) is 24.5 Å². The van der Waals surface area contributed by atoms with Gasteiger partial charge in [-0.15, -0.1) is 11.6 Å². The molecule has 1 aromatic carbocycles. The zero-order valence-electron chi connectivity index (χ0n) is 10.4. The summed E-state index contributed by atoms with van der Waals surface area (Å²) in [6.45, 7) is 3.72. The largest absolute Gasteiger partial charge is 0.273 e. The lowest BCUT2D eigenvalue weighted by Crippen LogP contribution is -2.32. The van der Waals surface area contributed by atoms with E-state index in [9.17, 15) is 8.42 Å². The van der Waals surface area contributed by atoms with Gasteiger partial charge in [0.15, 0.2) is 0 Å². The maximum atomic E-state index is 12.1. The lowest BCUT2D eigenvalue weighted by molar-refractivity contribution is 0.581. The Kier molecular flexibility index (Phi) is 4.83. The van der Waals surface area contributed by atoms with E-state index in [4.69, 9.17) is 11.6 Å². The number of nitrogens with zero attached hydrogens (tertiary/aromatic N) is 1. The van der Waals surface area contributed by atoms with Gasteiger partial charge in [0.05, 0.1) is 11.4 Å². The van der Waals surface area contributed by atoms with Crippen LogP contribution in [0.5, 0.6) is 0 Å². The molecule has 1 unspecified atom stereocenters. The van der Waals surface area contributed by atoms with Crippen molar-refractivity contribution in [1.82, 2.24) is 0 Å². The highest BCUT2D eigenvalue weighted by molar-refractivity contribution is 7.92. The van der Waals surface area contributed by atoms with Crippen molar-refractivity contribution in [2.24, 2.45) is 5.92 Å². The van der Waals surface area contributed by atoms with E-state index in [2.05, 4.69) is 0 Å². The topological polar surface area (TPSA) is 37.4 Å². The van der Waals surface area contributed by atoms with Crippen molar-refractivity contribution in [3.8, 4) is 0 Å². The molecular formula is C12H18ClNO2S. The van der Waals surface area contributed by atoms with Crippen LogP contribution in [0, 0.1) is 12.8 Å². The Labute approximate surface area is 108 Å². The molecule has 0 fully saturated rings. The van der Waals surface area contributed by atoms with Crippen LogP contribution in [-0.2, 0) is 10.0 Å². The van der Waals surface area contributed by atoms with E-state index in [0.29, 0.717) is 11.6 Å². The monoisotopic (exact) mass is 275 g/mol. The lowest BCUT2D eigenvalue weighted by Gasteiger charge is -2.22. The number of para-hydroxylation sites is 1. The van der Waals surface area contributed by atoms with E-state index < -0.39 is 10.0 Å². The molecule has 96 valence electrons. The van der Waals surface area contributed by atoms with Crippen LogP contribution in [0.25, 0.3) is 0 Å². The molecule has 0 bridgehead atoms. The summed E-state index contributed by atoms with van der Waals surface area (Å²) in [6, 6.07) is 7.42. The third-order valence-corrected chi connectivity index (χ3v) is 5.18. The molecule has 0 saturated heterocycles. The van der Waals surface area contributed by atoms with E-state index in [0.717, 1.165) is 5.56 Å². The van der Waals surface area contributed by atoms with Crippen LogP contribution < -0.4 is 4.31 Å². The molecule has 1 atom stereocenters. The van der Waals surface area contributed by atoms with Gasteiger partial charge in [-0.25, -0.2) is 8.42 Å². The fourth-order valence-corrected chi connectivity index (χ4v) is 3.39. The number of benzene rings is 1. The first-order valence-corrected chi connectivity index (χ1v) is 7.61. The van der Waals surface area contributed by atoms with Crippen LogP contribution in [0.15, 0.2) is 24.3 Å². The molecule has 0 spiro atoms. The third kappa shape index (κ3) is 3.61. The second-order valence-corrected chi connectivity index (χ2v) is 6.65. The Morgan fingerprint density at radius 2 is 1.94 bits per heavy atom. The maximum Gasteiger partial charge on any atom is 0.235 e. The predicted molar refractivity (Wildman–Crippen MR) is 73.3 cm³/mol. The summed E-state index contributed by atoms with van der Waals surface area (Å²) in [5.74, 6) is 0.371. The van der Waals surface area contributed by atoms with Crippen molar-refractivity contribution in [2.75, 3.05) is 23.0 Å². The van der Waals surface area contributed by atoms with Crippen LogP contribution in [0.3, 0.4) is 0 Å². The van der Waals surface area contributed by atoms with E-state index in [1.165, 1.54) is 4.31 Å². The third-order valence-electron chi connectivity index (χ3n) is 2.63. The van der Waals surface area contributed by atoms with Crippen LogP contribution in [0.1, 0.15) is 12.5 Å². The van der Waals surface area contributed by atoms with Crippen LogP contribution in [0.2, 0.25) is 0 Å². The summed E-state index contributed by atoms with van der Waals surface area (Å²) in [5, 5.41) is 0. The molecule has 0 radical (unpaired) electrons. The van der Waals surface area contributed by atoms with Crippen molar-refractivity contribution >= 4 is 27.3 Å². The predicted octanol–water partition coefficient (Wildman–Crippen LogP) is 2.64. The van der Waals surface area contributed by atoms with Crippen LogP contribution in [0.4, 0.5) is 5.69 Å². The molecule has 1 rings (SSSR count). The summed E-state index contributed by atoms with van der Waals surface area (Å²) >= 11 is 5.66. The van der Waals surface area contributed by atoms with Crippen molar-refractivity contribution in [1.29, 1.82) is 0 Å². The van der Waals surface area contributed by atoms with Crippen molar-refractivity contribution in [3.63, 3.8) is 0 Å². The fourth-order valence-electron chi connectivity index (χ4n) is 1.58. The standard InChI is InChI=1S/C12H18ClNO2S/c1-10(8-13)9-17(15,16)14(3)12-7-5-4-6-11(12)2/h4-7,10H,8-9H2,1-3H3. The molecule has 0 N–H and O–H groups in total. The fraction of sp³-hybridized carbons (Fsp3) is 0.500. The molecule has 0 aliphatic carbocycles. The van der Waals surface area contributed by atoms with Crippen molar-refractivity contribution < 1.29 is 8.42 Å². The van der Waals surface area contributed by atoms with Crippen molar-refractivity contribution in [2.45, 2.75) is 13.8 Å². The van der Waals surface area contributed by atoms with Gasteiger partial charge in [0, 0.05) is 12.9 Å². The molecule has 1 aromatic rings. The summed E-state index contributed by atoms with van der Waals surface area (Å²) in [6.07, 6.45) is 0. The van der Waals surface area contributed by atoms with Gasteiger partial charge in [0.25, 0.3) is 0 Å². The number of rotatable bonds is 5. The minimum atomic E-state index is -3.30.